The molecule has 1 amide bonds. The van der Waals surface area contributed by atoms with Crippen LogP contribution in [0, 0.1) is 12.7 Å². The molecule has 0 fully saturated rings. The van der Waals surface area contributed by atoms with E-state index in [0.29, 0.717) is 5.56 Å². The fraction of sp³-hybridized carbons (Fsp3) is 0.188. The van der Waals surface area contributed by atoms with Gasteiger partial charge in [-0.25, -0.2) is 4.39 Å². The molecule has 2 aromatic carbocycles. The lowest BCUT2D eigenvalue weighted by molar-refractivity contribution is 0.0935. The average molecular weight is 257 g/mol. The van der Waals surface area contributed by atoms with Crippen molar-refractivity contribution < 1.29 is 9.18 Å². The van der Waals surface area contributed by atoms with E-state index >= 15 is 0 Å². The van der Waals surface area contributed by atoms with Gasteiger partial charge in [0.1, 0.15) is 5.82 Å². The van der Waals surface area contributed by atoms with Crippen LogP contribution in [0.3, 0.4) is 0 Å². The lowest BCUT2D eigenvalue weighted by atomic mass is 10.1. The normalized spacial score (nSPS) is 11.9. The number of carbonyl (C=O) groups excluding carboxylic acids is 1. The Kier molecular flexibility index (Phi) is 3.95. The summed E-state index contributed by atoms with van der Waals surface area (Å²) in [5.41, 5.74) is 1.55. The Hall–Kier alpha value is -2.16. The molecule has 3 heteroatoms. The van der Waals surface area contributed by atoms with Gasteiger partial charge in [-0.15, -0.1) is 0 Å². The summed E-state index contributed by atoms with van der Waals surface area (Å²) in [4.78, 5) is 12.1. The van der Waals surface area contributed by atoms with Crippen molar-refractivity contribution in [3.05, 3.63) is 71.0 Å². The van der Waals surface area contributed by atoms with Gasteiger partial charge in [0.25, 0.3) is 5.91 Å². The molecule has 0 aliphatic rings. The molecule has 0 spiro atoms. The van der Waals surface area contributed by atoms with Crippen molar-refractivity contribution in [1.82, 2.24) is 5.32 Å². The third kappa shape index (κ3) is 2.99. The first-order chi connectivity index (χ1) is 9.09. The highest BCUT2D eigenvalue weighted by Crippen LogP contribution is 2.15. The zero-order valence-electron chi connectivity index (χ0n) is 11.0. The minimum Gasteiger partial charge on any atom is -0.345 e. The Morgan fingerprint density at radius 1 is 1.11 bits per heavy atom. The molecule has 0 aliphatic heterocycles. The second-order valence-corrected chi connectivity index (χ2v) is 4.54. The van der Waals surface area contributed by atoms with E-state index < -0.39 is 11.7 Å². The van der Waals surface area contributed by atoms with Gasteiger partial charge >= 0.3 is 0 Å². The molecule has 0 saturated heterocycles. The Morgan fingerprint density at radius 3 is 2.47 bits per heavy atom. The maximum absolute atomic E-state index is 13.8. The molecule has 2 nitrogen and oxygen atoms in total. The topological polar surface area (TPSA) is 29.1 Å². The van der Waals surface area contributed by atoms with Crippen LogP contribution < -0.4 is 5.32 Å². The molecule has 1 N–H and O–H groups in total. The van der Waals surface area contributed by atoms with Crippen molar-refractivity contribution in [2.45, 2.75) is 19.9 Å². The quantitative estimate of drug-likeness (QED) is 0.893. The number of halogens is 1. The monoisotopic (exact) mass is 257 g/mol. The first-order valence-corrected chi connectivity index (χ1v) is 6.20. The Labute approximate surface area is 112 Å². The molecule has 2 aromatic rings. The van der Waals surface area contributed by atoms with Gasteiger partial charge in [0.2, 0.25) is 0 Å². The SMILES string of the molecule is Cc1cccc(C(=O)N[C@H](C)c2ccccc2)c1F. The summed E-state index contributed by atoms with van der Waals surface area (Å²) in [5, 5.41) is 2.80. The van der Waals surface area contributed by atoms with Crippen molar-refractivity contribution in [3.63, 3.8) is 0 Å². The molecule has 0 bridgehead atoms. The van der Waals surface area contributed by atoms with E-state index in [4.69, 9.17) is 0 Å². The van der Waals surface area contributed by atoms with Crippen LogP contribution in [0.5, 0.6) is 0 Å². The summed E-state index contributed by atoms with van der Waals surface area (Å²) < 4.78 is 13.8. The second kappa shape index (κ2) is 5.65. The van der Waals surface area contributed by atoms with Gasteiger partial charge in [-0.1, -0.05) is 42.5 Å². The summed E-state index contributed by atoms with van der Waals surface area (Å²) >= 11 is 0. The van der Waals surface area contributed by atoms with Gasteiger partial charge in [-0.2, -0.15) is 0 Å². The molecule has 0 radical (unpaired) electrons. The van der Waals surface area contributed by atoms with Crippen LogP contribution in [0.25, 0.3) is 0 Å². The molecule has 0 saturated carbocycles. The van der Waals surface area contributed by atoms with Crippen LogP contribution in [0.1, 0.15) is 34.5 Å². The summed E-state index contributed by atoms with van der Waals surface area (Å²) in [6.07, 6.45) is 0. The number of carbonyl (C=O) groups is 1. The van der Waals surface area contributed by atoms with Crippen LogP contribution in [0.2, 0.25) is 0 Å². The van der Waals surface area contributed by atoms with Crippen molar-refractivity contribution in [2.75, 3.05) is 0 Å². The maximum atomic E-state index is 13.8. The fourth-order valence-electron chi connectivity index (χ4n) is 1.92. The Balaban J connectivity index is 2.16. The average Bonchev–Trinajstić information content (AvgIpc) is 2.42. The molecule has 98 valence electrons. The number of benzene rings is 2. The van der Waals surface area contributed by atoms with Gasteiger partial charge in [0.15, 0.2) is 0 Å². The number of hydrogen-bond donors (Lipinski definition) is 1. The zero-order valence-corrected chi connectivity index (χ0v) is 11.0. The number of rotatable bonds is 3. The van der Waals surface area contributed by atoms with E-state index in [9.17, 15) is 9.18 Å². The van der Waals surface area contributed by atoms with Crippen LogP contribution >= 0.6 is 0 Å². The number of amides is 1. The highest BCUT2D eigenvalue weighted by molar-refractivity contribution is 5.94. The molecule has 0 aromatic heterocycles. The molecule has 0 heterocycles. The lowest BCUT2D eigenvalue weighted by Gasteiger charge is -2.15. The number of aryl methyl sites for hydroxylation is 1. The van der Waals surface area contributed by atoms with Crippen molar-refractivity contribution in [1.29, 1.82) is 0 Å². The number of hydrogen-bond acceptors (Lipinski definition) is 1. The fourth-order valence-corrected chi connectivity index (χ4v) is 1.92. The summed E-state index contributed by atoms with van der Waals surface area (Å²) in [5.74, 6) is -0.849. The van der Waals surface area contributed by atoms with E-state index in [0.717, 1.165) is 5.56 Å². The van der Waals surface area contributed by atoms with E-state index in [-0.39, 0.29) is 11.6 Å². The third-order valence-corrected chi connectivity index (χ3v) is 3.08. The highest BCUT2D eigenvalue weighted by atomic mass is 19.1. The van der Waals surface area contributed by atoms with E-state index in [1.54, 1.807) is 19.1 Å². The molecule has 0 aliphatic carbocycles. The first-order valence-electron chi connectivity index (χ1n) is 6.20. The third-order valence-electron chi connectivity index (χ3n) is 3.08. The lowest BCUT2D eigenvalue weighted by Crippen LogP contribution is -2.27. The predicted octanol–water partition coefficient (Wildman–Crippen LogP) is 3.63. The van der Waals surface area contributed by atoms with Crippen LogP contribution in [-0.4, -0.2) is 5.91 Å². The van der Waals surface area contributed by atoms with Crippen LogP contribution in [0.4, 0.5) is 4.39 Å². The molecular weight excluding hydrogens is 241 g/mol. The van der Waals surface area contributed by atoms with Crippen molar-refractivity contribution >= 4 is 5.91 Å². The second-order valence-electron chi connectivity index (χ2n) is 4.54. The highest BCUT2D eigenvalue weighted by Gasteiger charge is 2.15. The minimum atomic E-state index is -0.458. The first kappa shape index (κ1) is 13.3. The van der Waals surface area contributed by atoms with E-state index in [2.05, 4.69) is 5.32 Å². The van der Waals surface area contributed by atoms with E-state index in [1.807, 2.05) is 37.3 Å². The van der Waals surface area contributed by atoms with Crippen LogP contribution in [0.15, 0.2) is 48.5 Å². The summed E-state index contributed by atoms with van der Waals surface area (Å²) in [6, 6.07) is 14.3. The zero-order chi connectivity index (χ0) is 13.8. The molecule has 0 unspecified atom stereocenters. The van der Waals surface area contributed by atoms with Gasteiger partial charge < -0.3 is 5.32 Å². The summed E-state index contributed by atoms with van der Waals surface area (Å²) in [6.45, 7) is 3.52. The Bertz CT molecular complexity index is 581. The molecule has 2 rings (SSSR count). The minimum absolute atomic E-state index is 0.0859. The smallest absolute Gasteiger partial charge is 0.254 e. The molecular formula is C16H16FNO. The van der Waals surface area contributed by atoms with Gasteiger partial charge in [-0.3, -0.25) is 4.79 Å². The summed E-state index contributed by atoms with van der Waals surface area (Å²) in [7, 11) is 0. The number of nitrogens with one attached hydrogen (secondary N) is 1. The molecule has 19 heavy (non-hydrogen) atoms. The Morgan fingerprint density at radius 2 is 1.79 bits per heavy atom. The van der Waals surface area contributed by atoms with Gasteiger partial charge in [0, 0.05) is 0 Å². The standard InChI is InChI=1S/C16H16FNO/c1-11-7-6-10-14(15(11)17)16(19)18-12(2)13-8-4-3-5-9-13/h3-10,12H,1-2H3,(H,18,19)/t12-/m1/s1. The largest absolute Gasteiger partial charge is 0.345 e. The maximum Gasteiger partial charge on any atom is 0.254 e. The van der Waals surface area contributed by atoms with Gasteiger partial charge in [0.05, 0.1) is 11.6 Å². The van der Waals surface area contributed by atoms with Crippen molar-refractivity contribution in [2.24, 2.45) is 0 Å². The van der Waals surface area contributed by atoms with E-state index in [1.165, 1.54) is 6.07 Å². The van der Waals surface area contributed by atoms with Crippen molar-refractivity contribution in [3.8, 4) is 0 Å². The molecule has 1 atom stereocenters. The predicted molar refractivity (Wildman–Crippen MR) is 73.5 cm³/mol. The van der Waals surface area contributed by atoms with Gasteiger partial charge in [-0.05, 0) is 31.0 Å². The van der Waals surface area contributed by atoms with Crippen LogP contribution in [-0.2, 0) is 0 Å².